The number of para-hydroxylation sites is 1. The van der Waals surface area contributed by atoms with Crippen molar-refractivity contribution in [2.75, 3.05) is 0 Å². The van der Waals surface area contributed by atoms with E-state index in [0.29, 0.717) is 0 Å². The summed E-state index contributed by atoms with van der Waals surface area (Å²) in [6, 6.07) is 16.8. The van der Waals surface area contributed by atoms with Crippen molar-refractivity contribution in [1.82, 2.24) is 5.43 Å². The Morgan fingerprint density at radius 3 is 2.60 bits per heavy atom. The number of nitrogens with one attached hydrogen (secondary N) is 1. The van der Waals surface area contributed by atoms with Crippen molar-refractivity contribution >= 4 is 0 Å². The van der Waals surface area contributed by atoms with E-state index in [1.54, 1.807) is 0 Å². The summed E-state index contributed by atoms with van der Waals surface area (Å²) in [7, 11) is 0. The topological polar surface area (TPSA) is 47.3 Å². The van der Waals surface area contributed by atoms with Gasteiger partial charge in [0.1, 0.15) is 11.9 Å². The first-order valence-corrected chi connectivity index (χ1v) is 7.11. The molecule has 0 saturated carbocycles. The highest BCUT2D eigenvalue weighted by Crippen LogP contribution is 2.33. The van der Waals surface area contributed by atoms with Gasteiger partial charge >= 0.3 is 0 Å². The monoisotopic (exact) mass is 268 g/mol. The van der Waals surface area contributed by atoms with E-state index in [0.717, 1.165) is 18.6 Å². The predicted octanol–water partition coefficient (Wildman–Crippen LogP) is 2.76. The Balaban J connectivity index is 1.81. The van der Waals surface area contributed by atoms with Gasteiger partial charge in [0.15, 0.2) is 0 Å². The van der Waals surface area contributed by atoms with Crippen LogP contribution in [0.15, 0.2) is 48.5 Å². The molecule has 0 saturated heterocycles. The third kappa shape index (κ3) is 2.42. The van der Waals surface area contributed by atoms with Crippen molar-refractivity contribution in [2.45, 2.75) is 31.9 Å². The molecule has 1 aliphatic rings. The number of benzene rings is 2. The number of ether oxygens (including phenoxy) is 1. The Morgan fingerprint density at radius 2 is 1.95 bits per heavy atom. The van der Waals surface area contributed by atoms with E-state index in [-0.39, 0.29) is 12.1 Å². The number of rotatable bonds is 4. The van der Waals surface area contributed by atoms with Crippen LogP contribution >= 0.6 is 0 Å². The van der Waals surface area contributed by atoms with Gasteiger partial charge in [0.25, 0.3) is 0 Å². The Hall–Kier alpha value is -1.84. The van der Waals surface area contributed by atoms with Crippen molar-refractivity contribution in [3.05, 3.63) is 65.2 Å². The fourth-order valence-electron chi connectivity index (χ4n) is 2.77. The molecule has 2 unspecified atom stereocenters. The van der Waals surface area contributed by atoms with Crippen LogP contribution in [0.5, 0.6) is 5.75 Å². The van der Waals surface area contributed by atoms with Gasteiger partial charge in [0, 0.05) is 6.42 Å². The maximum absolute atomic E-state index is 6.03. The van der Waals surface area contributed by atoms with Gasteiger partial charge in [-0.25, -0.2) is 5.43 Å². The molecule has 2 aromatic rings. The second kappa shape index (κ2) is 5.65. The lowest BCUT2D eigenvalue weighted by molar-refractivity contribution is 0.179. The molecule has 0 spiro atoms. The van der Waals surface area contributed by atoms with E-state index in [9.17, 15) is 0 Å². The number of hydrazine groups is 1. The SMILES string of the molecule is CCc1ccc(C(NN)C2Cc3ccccc3O2)cc1. The lowest BCUT2D eigenvalue weighted by Gasteiger charge is -2.23. The summed E-state index contributed by atoms with van der Waals surface area (Å²) in [5.74, 6) is 6.73. The van der Waals surface area contributed by atoms with Crippen molar-refractivity contribution in [2.24, 2.45) is 5.84 Å². The molecule has 3 heteroatoms. The minimum Gasteiger partial charge on any atom is -0.488 e. The molecule has 3 rings (SSSR count). The van der Waals surface area contributed by atoms with Crippen LogP contribution in [0.4, 0.5) is 0 Å². The van der Waals surface area contributed by atoms with Crippen LogP contribution in [-0.2, 0) is 12.8 Å². The lowest BCUT2D eigenvalue weighted by Crippen LogP contribution is -2.38. The summed E-state index contributed by atoms with van der Waals surface area (Å²) in [5, 5.41) is 0. The van der Waals surface area contributed by atoms with Crippen LogP contribution in [0.2, 0.25) is 0 Å². The summed E-state index contributed by atoms with van der Waals surface area (Å²) in [4.78, 5) is 0. The first-order valence-electron chi connectivity index (χ1n) is 7.11. The minimum absolute atomic E-state index is 0.00769. The van der Waals surface area contributed by atoms with Gasteiger partial charge in [-0.2, -0.15) is 0 Å². The molecule has 0 aromatic heterocycles. The second-order valence-electron chi connectivity index (χ2n) is 5.21. The van der Waals surface area contributed by atoms with Gasteiger partial charge in [0.2, 0.25) is 0 Å². The van der Waals surface area contributed by atoms with Crippen molar-refractivity contribution < 1.29 is 4.74 Å². The van der Waals surface area contributed by atoms with Gasteiger partial charge in [-0.05, 0) is 29.2 Å². The van der Waals surface area contributed by atoms with Crippen LogP contribution in [0.1, 0.15) is 29.7 Å². The van der Waals surface area contributed by atoms with Gasteiger partial charge in [-0.1, -0.05) is 49.4 Å². The third-order valence-electron chi connectivity index (χ3n) is 3.97. The standard InChI is InChI=1S/C17H20N2O/c1-2-12-7-9-13(10-8-12)17(19-18)16-11-14-5-3-4-6-15(14)20-16/h3-10,16-17,19H,2,11,18H2,1H3. The smallest absolute Gasteiger partial charge is 0.124 e. The Labute approximate surface area is 119 Å². The minimum atomic E-state index is 0.00769. The maximum Gasteiger partial charge on any atom is 0.124 e. The highest BCUT2D eigenvalue weighted by atomic mass is 16.5. The average molecular weight is 268 g/mol. The number of nitrogens with two attached hydrogens (primary N) is 1. The molecule has 2 atom stereocenters. The van der Waals surface area contributed by atoms with Crippen molar-refractivity contribution in [3.63, 3.8) is 0 Å². The Morgan fingerprint density at radius 1 is 1.20 bits per heavy atom. The quantitative estimate of drug-likeness (QED) is 0.662. The fraction of sp³-hybridized carbons (Fsp3) is 0.294. The van der Waals surface area contributed by atoms with Crippen LogP contribution in [-0.4, -0.2) is 6.10 Å². The Bertz CT molecular complexity index is 555. The molecule has 0 radical (unpaired) electrons. The van der Waals surface area contributed by atoms with Gasteiger partial charge in [0.05, 0.1) is 6.04 Å². The molecular weight excluding hydrogens is 248 g/mol. The molecule has 0 bridgehead atoms. The van der Waals surface area contributed by atoms with Gasteiger partial charge in [-0.15, -0.1) is 0 Å². The van der Waals surface area contributed by atoms with E-state index >= 15 is 0 Å². The zero-order chi connectivity index (χ0) is 13.9. The normalized spacial score (nSPS) is 18.4. The van der Waals surface area contributed by atoms with E-state index < -0.39 is 0 Å². The van der Waals surface area contributed by atoms with Gasteiger partial charge in [-0.3, -0.25) is 5.84 Å². The molecule has 20 heavy (non-hydrogen) atoms. The first-order chi connectivity index (χ1) is 9.81. The van der Waals surface area contributed by atoms with E-state index in [4.69, 9.17) is 10.6 Å². The average Bonchev–Trinajstić information content (AvgIpc) is 2.92. The van der Waals surface area contributed by atoms with Crippen molar-refractivity contribution in [1.29, 1.82) is 0 Å². The third-order valence-corrected chi connectivity index (χ3v) is 3.97. The highest BCUT2D eigenvalue weighted by Gasteiger charge is 2.30. The van der Waals surface area contributed by atoms with Crippen LogP contribution in [0, 0.1) is 0 Å². The predicted molar refractivity (Wildman–Crippen MR) is 80.4 cm³/mol. The first kappa shape index (κ1) is 13.2. The number of hydrogen-bond donors (Lipinski definition) is 2. The molecule has 2 aromatic carbocycles. The zero-order valence-electron chi connectivity index (χ0n) is 11.7. The molecule has 3 N–H and O–H groups in total. The van der Waals surface area contributed by atoms with E-state index in [2.05, 4.69) is 42.7 Å². The summed E-state index contributed by atoms with van der Waals surface area (Å²) < 4.78 is 6.03. The van der Waals surface area contributed by atoms with Crippen molar-refractivity contribution in [3.8, 4) is 5.75 Å². The van der Waals surface area contributed by atoms with E-state index in [1.807, 2.05) is 18.2 Å². The Kier molecular flexibility index (Phi) is 3.72. The summed E-state index contributed by atoms with van der Waals surface area (Å²) in [6.45, 7) is 2.16. The molecule has 0 fully saturated rings. The molecule has 0 amide bonds. The summed E-state index contributed by atoms with van der Waals surface area (Å²) >= 11 is 0. The number of hydrogen-bond acceptors (Lipinski definition) is 3. The maximum atomic E-state index is 6.03. The molecule has 1 heterocycles. The molecule has 0 aliphatic carbocycles. The van der Waals surface area contributed by atoms with Crippen LogP contribution < -0.4 is 16.0 Å². The number of aryl methyl sites for hydroxylation is 1. The molecule has 3 nitrogen and oxygen atoms in total. The van der Waals surface area contributed by atoms with Crippen LogP contribution in [0.25, 0.3) is 0 Å². The highest BCUT2D eigenvalue weighted by molar-refractivity contribution is 5.38. The lowest BCUT2D eigenvalue weighted by atomic mass is 9.97. The summed E-state index contributed by atoms with van der Waals surface area (Å²) in [6.07, 6.45) is 1.98. The molecular formula is C17H20N2O. The second-order valence-corrected chi connectivity index (χ2v) is 5.21. The largest absolute Gasteiger partial charge is 0.488 e. The zero-order valence-corrected chi connectivity index (χ0v) is 11.7. The van der Waals surface area contributed by atoms with Crippen LogP contribution in [0.3, 0.4) is 0 Å². The van der Waals surface area contributed by atoms with E-state index in [1.165, 1.54) is 16.7 Å². The number of fused-ring (bicyclic) bond motifs is 1. The summed E-state index contributed by atoms with van der Waals surface area (Å²) in [5.41, 5.74) is 6.66. The molecule has 104 valence electrons. The fourth-order valence-corrected chi connectivity index (χ4v) is 2.77. The molecule has 1 aliphatic heterocycles. The van der Waals surface area contributed by atoms with Gasteiger partial charge < -0.3 is 4.74 Å².